The summed E-state index contributed by atoms with van der Waals surface area (Å²) >= 11 is 1.72. The van der Waals surface area contributed by atoms with Crippen molar-refractivity contribution in [2.75, 3.05) is 6.54 Å². The number of aromatic nitrogens is 1. The molecule has 2 nitrogen and oxygen atoms in total. The summed E-state index contributed by atoms with van der Waals surface area (Å²) in [6.07, 6.45) is 1.87. The van der Waals surface area contributed by atoms with Gasteiger partial charge < -0.3 is 5.32 Å². The standard InChI is InChI=1S/C12H22N2S/c1-9(2)11(10(3)4)7-13-8-12-14-5-6-15-12/h5-6,9-11,13H,7-8H2,1-4H3. The van der Waals surface area contributed by atoms with Crippen LogP contribution in [0.2, 0.25) is 0 Å². The Hall–Kier alpha value is -0.410. The highest BCUT2D eigenvalue weighted by atomic mass is 32.1. The Labute approximate surface area is 97.1 Å². The Balaban J connectivity index is 2.28. The maximum Gasteiger partial charge on any atom is 0.106 e. The summed E-state index contributed by atoms with van der Waals surface area (Å²) in [7, 11) is 0. The molecule has 0 unspecified atom stereocenters. The zero-order valence-electron chi connectivity index (χ0n) is 10.2. The number of hydrogen-bond donors (Lipinski definition) is 1. The van der Waals surface area contributed by atoms with E-state index >= 15 is 0 Å². The molecule has 0 saturated carbocycles. The van der Waals surface area contributed by atoms with Crippen LogP contribution < -0.4 is 5.32 Å². The Morgan fingerprint density at radius 2 is 1.93 bits per heavy atom. The van der Waals surface area contributed by atoms with E-state index in [1.165, 1.54) is 5.01 Å². The predicted octanol–water partition coefficient (Wildman–Crippen LogP) is 3.16. The second kappa shape index (κ2) is 6.23. The maximum atomic E-state index is 4.26. The lowest BCUT2D eigenvalue weighted by Crippen LogP contribution is -2.29. The van der Waals surface area contributed by atoms with Crippen molar-refractivity contribution in [1.29, 1.82) is 0 Å². The van der Waals surface area contributed by atoms with Gasteiger partial charge in [-0.05, 0) is 24.3 Å². The van der Waals surface area contributed by atoms with Crippen LogP contribution in [0.1, 0.15) is 32.7 Å². The first-order valence-electron chi connectivity index (χ1n) is 5.70. The zero-order valence-corrected chi connectivity index (χ0v) is 11.0. The number of nitrogens with zero attached hydrogens (tertiary/aromatic N) is 1. The van der Waals surface area contributed by atoms with Gasteiger partial charge in [0.15, 0.2) is 0 Å². The van der Waals surface area contributed by atoms with Crippen LogP contribution in [-0.4, -0.2) is 11.5 Å². The average molecular weight is 226 g/mol. The minimum absolute atomic E-state index is 0.744. The van der Waals surface area contributed by atoms with Crippen molar-refractivity contribution in [3.05, 3.63) is 16.6 Å². The molecule has 0 radical (unpaired) electrons. The van der Waals surface area contributed by atoms with Crippen molar-refractivity contribution in [3.63, 3.8) is 0 Å². The molecule has 3 heteroatoms. The molecular formula is C12H22N2S. The van der Waals surface area contributed by atoms with Crippen LogP contribution in [0, 0.1) is 17.8 Å². The van der Waals surface area contributed by atoms with Crippen molar-refractivity contribution < 1.29 is 0 Å². The summed E-state index contributed by atoms with van der Waals surface area (Å²) < 4.78 is 0. The van der Waals surface area contributed by atoms with Crippen molar-refractivity contribution in [2.45, 2.75) is 34.2 Å². The normalized spacial score (nSPS) is 11.9. The van der Waals surface area contributed by atoms with E-state index < -0.39 is 0 Å². The minimum atomic E-state index is 0.744. The molecule has 0 aliphatic rings. The van der Waals surface area contributed by atoms with Crippen molar-refractivity contribution >= 4 is 11.3 Å². The van der Waals surface area contributed by atoms with E-state index in [4.69, 9.17) is 0 Å². The topological polar surface area (TPSA) is 24.9 Å². The lowest BCUT2D eigenvalue weighted by molar-refractivity contribution is 0.275. The minimum Gasteiger partial charge on any atom is -0.310 e. The molecule has 1 heterocycles. The molecule has 86 valence electrons. The molecule has 0 amide bonds. The zero-order chi connectivity index (χ0) is 11.3. The summed E-state index contributed by atoms with van der Waals surface area (Å²) in [6, 6.07) is 0. The Bertz CT molecular complexity index is 247. The van der Waals surface area contributed by atoms with Gasteiger partial charge in [-0.1, -0.05) is 27.7 Å². The molecule has 0 atom stereocenters. The van der Waals surface area contributed by atoms with Gasteiger partial charge in [-0.15, -0.1) is 11.3 Å². The van der Waals surface area contributed by atoms with Gasteiger partial charge in [-0.3, -0.25) is 0 Å². The van der Waals surface area contributed by atoms with E-state index in [-0.39, 0.29) is 0 Å². The fraction of sp³-hybridized carbons (Fsp3) is 0.750. The number of nitrogens with one attached hydrogen (secondary N) is 1. The molecule has 1 N–H and O–H groups in total. The molecule has 0 saturated heterocycles. The van der Waals surface area contributed by atoms with Gasteiger partial charge in [0, 0.05) is 18.1 Å². The molecule has 1 aromatic rings. The fourth-order valence-corrected chi connectivity index (χ4v) is 2.51. The first-order valence-corrected chi connectivity index (χ1v) is 6.58. The smallest absolute Gasteiger partial charge is 0.106 e. The number of thiazole rings is 1. The first-order chi connectivity index (χ1) is 7.11. The van der Waals surface area contributed by atoms with E-state index in [0.29, 0.717) is 0 Å². The molecule has 15 heavy (non-hydrogen) atoms. The van der Waals surface area contributed by atoms with Crippen LogP contribution in [0.5, 0.6) is 0 Å². The van der Waals surface area contributed by atoms with Crippen LogP contribution in [0.4, 0.5) is 0 Å². The van der Waals surface area contributed by atoms with E-state index in [1.807, 2.05) is 11.6 Å². The maximum absolute atomic E-state index is 4.26. The lowest BCUT2D eigenvalue weighted by atomic mass is 9.85. The molecule has 0 spiro atoms. The molecular weight excluding hydrogens is 204 g/mol. The molecule has 0 bridgehead atoms. The van der Waals surface area contributed by atoms with Crippen LogP contribution in [0.25, 0.3) is 0 Å². The van der Waals surface area contributed by atoms with Crippen LogP contribution in [0.3, 0.4) is 0 Å². The fourth-order valence-electron chi connectivity index (χ4n) is 1.93. The number of rotatable bonds is 6. The molecule has 0 fully saturated rings. The number of hydrogen-bond acceptors (Lipinski definition) is 3. The summed E-state index contributed by atoms with van der Waals surface area (Å²) in [6.45, 7) is 11.2. The highest BCUT2D eigenvalue weighted by Gasteiger charge is 2.16. The Morgan fingerprint density at radius 1 is 1.27 bits per heavy atom. The summed E-state index contributed by atoms with van der Waals surface area (Å²) in [5, 5.41) is 6.71. The van der Waals surface area contributed by atoms with Gasteiger partial charge in [0.2, 0.25) is 0 Å². The monoisotopic (exact) mass is 226 g/mol. The lowest BCUT2D eigenvalue weighted by Gasteiger charge is -2.24. The summed E-state index contributed by atoms with van der Waals surface area (Å²) in [5.74, 6) is 2.24. The van der Waals surface area contributed by atoms with E-state index in [1.54, 1.807) is 11.3 Å². The van der Waals surface area contributed by atoms with Gasteiger partial charge in [-0.25, -0.2) is 4.98 Å². The molecule has 0 aliphatic heterocycles. The van der Waals surface area contributed by atoms with Crippen LogP contribution in [0.15, 0.2) is 11.6 Å². The van der Waals surface area contributed by atoms with Crippen LogP contribution in [-0.2, 0) is 6.54 Å². The predicted molar refractivity (Wildman–Crippen MR) is 67.0 cm³/mol. The van der Waals surface area contributed by atoms with Crippen LogP contribution >= 0.6 is 11.3 Å². The van der Waals surface area contributed by atoms with E-state index in [9.17, 15) is 0 Å². The van der Waals surface area contributed by atoms with Gasteiger partial charge in [-0.2, -0.15) is 0 Å². The Morgan fingerprint density at radius 3 is 2.40 bits per heavy atom. The quantitative estimate of drug-likeness (QED) is 0.806. The molecule has 1 aromatic heterocycles. The largest absolute Gasteiger partial charge is 0.310 e. The van der Waals surface area contributed by atoms with Gasteiger partial charge in [0.1, 0.15) is 5.01 Å². The second-order valence-electron chi connectivity index (χ2n) is 4.71. The molecule has 1 rings (SSSR count). The second-order valence-corrected chi connectivity index (χ2v) is 5.69. The summed E-state index contributed by atoms with van der Waals surface area (Å²) in [5.41, 5.74) is 0. The van der Waals surface area contributed by atoms with E-state index in [2.05, 4.69) is 38.0 Å². The van der Waals surface area contributed by atoms with Crippen molar-refractivity contribution in [1.82, 2.24) is 10.3 Å². The third-order valence-corrected chi connectivity index (χ3v) is 3.63. The molecule has 0 aliphatic carbocycles. The van der Waals surface area contributed by atoms with E-state index in [0.717, 1.165) is 30.8 Å². The summed E-state index contributed by atoms with van der Waals surface area (Å²) in [4.78, 5) is 4.26. The SMILES string of the molecule is CC(C)C(CNCc1nccs1)C(C)C. The van der Waals surface area contributed by atoms with Crippen molar-refractivity contribution in [3.8, 4) is 0 Å². The average Bonchev–Trinajstić information content (AvgIpc) is 2.63. The van der Waals surface area contributed by atoms with Gasteiger partial charge in [0.05, 0.1) is 0 Å². The first kappa shape index (κ1) is 12.7. The Kier molecular flexibility index (Phi) is 5.26. The van der Waals surface area contributed by atoms with Gasteiger partial charge >= 0.3 is 0 Å². The third-order valence-electron chi connectivity index (χ3n) is 2.85. The highest BCUT2D eigenvalue weighted by Crippen LogP contribution is 2.19. The van der Waals surface area contributed by atoms with Gasteiger partial charge in [0.25, 0.3) is 0 Å². The molecule has 0 aromatic carbocycles. The third kappa shape index (κ3) is 4.31. The van der Waals surface area contributed by atoms with Crippen molar-refractivity contribution in [2.24, 2.45) is 17.8 Å². The highest BCUT2D eigenvalue weighted by molar-refractivity contribution is 7.09.